The van der Waals surface area contributed by atoms with Crippen LogP contribution >= 0.6 is 23.2 Å². The fraction of sp³-hybridized carbons (Fsp3) is 0.422. The van der Waals surface area contributed by atoms with E-state index in [2.05, 4.69) is 50.8 Å². The lowest BCUT2D eigenvalue weighted by molar-refractivity contribution is -0.384. The molecule has 330 valence electrons. The number of nitrogens with zero attached hydrogens (tertiary/aromatic N) is 4. The molecule has 1 amide bonds. The third-order valence-corrected chi connectivity index (χ3v) is 14.2. The van der Waals surface area contributed by atoms with Gasteiger partial charge in [-0.3, -0.25) is 19.8 Å². The van der Waals surface area contributed by atoms with Gasteiger partial charge in [0.1, 0.15) is 23.0 Å². The Kier molecular flexibility index (Phi) is 13.4. The van der Waals surface area contributed by atoms with Crippen LogP contribution in [0.1, 0.15) is 81.6 Å². The average molecular weight is 907 g/mol. The van der Waals surface area contributed by atoms with Gasteiger partial charge in [0.2, 0.25) is 0 Å². The summed E-state index contributed by atoms with van der Waals surface area (Å²) in [6.45, 7) is 10.7. The van der Waals surface area contributed by atoms with Crippen LogP contribution in [0.2, 0.25) is 10.0 Å². The second kappa shape index (κ2) is 18.4. The first-order chi connectivity index (χ1) is 29.3. The Morgan fingerprint density at radius 3 is 2.39 bits per heavy atom. The molecule has 14 nitrogen and oxygen atoms in total. The molecule has 3 aliphatic rings. The molecule has 0 atom stereocenters. The maximum atomic E-state index is 13.9. The van der Waals surface area contributed by atoms with E-state index in [-0.39, 0.29) is 44.9 Å². The van der Waals surface area contributed by atoms with Crippen LogP contribution in [0, 0.1) is 21.4 Å². The zero-order valence-corrected chi connectivity index (χ0v) is 37.5. The van der Waals surface area contributed by atoms with E-state index >= 15 is 0 Å². The minimum absolute atomic E-state index is 0.0394. The molecule has 3 aromatic carbocycles. The first-order valence-corrected chi connectivity index (χ1v) is 23.1. The number of amides is 1. The first kappa shape index (κ1) is 45.1. The molecule has 1 aromatic heterocycles. The maximum Gasteiger partial charge on any atom is 0.293 e. The molecule has 0 bridgehead atoms. The summed E-state index contributed by atoms with van der Waals surface area (Å²) in [6.07, 6.45) is 7.25. The normalized spacial score (nSPS) is 20.7. The number of aliphatic hydroxyl groups is 1. The van der Waals surface area contributed by atoms with Crippen LogP contribution < -0.4 is 25.4 Å². The minimum atomic E-state index is -4.60. The number of aromatic nitrogens is 1. The lowest BCUT2D eigenvalue weighted by atomic mass is 9.72. The monoisotopic (exact) mass is 905 g/mol. The van der Waals surface area contributed by atoms with Crippen molar-refractivity contribution in [1.29, 1.82) is 0 Å². The zero-order valence-electron chi connectivity index (χ0n) is 35.1. The highest BCUT2D eigenvalue weighted by atomic mass is 35.5. The Morgan fingerprint density at radius 1 is 1.00 bits per heavy atom. The molecule has 17 heteroatoms. The smallest absolute Gasteiger partial charge is 0.293 e. The Bertz CT molecular complexity index is 2460. The lowest BCUT2D eigenvalue weighted by Gasteiger charge is -2.39. The number of nitrogen functional groups attached to an aromatic ring is 1. The minimum Gasteiger partial charge on any atom is -0.455 e. The second-order valence-corrected chi connectivity index (χ2v) is 20.2. The van der Waals surface area contributed by atoms with E-state index in [1.54, 1.807) is 19.1 Å². The van der Waals surface area contributed by atoms with Crippen molar-refractivity contribution in [2.75, 3.05) is 55.2 Å². The molecule has 1 saturated heterocycles. The largest absolute Gasteiger partial charge is 0.455 e. The highest BCUT2D eigenvalue weighted by Gasteiger charge is 2.32. The molecule has 2 fully saturated rings. The van der Waals surface area contributed by atoms with Crippen molar-refractivity contribution >= 4 is 67.6 Å². The van der Waals surface area contributed by atoms with E-state index in [0.717, 1.165) is 63.5 Å². The Hall–Kier alpha value is -4.93. The number of sulfonamides is 1. The van der Waals surface area contributed by atoms with E-state index in [1.807, 2.05) is 12.1 Å². The van der Waals surface area contributed by atoms with Gasteiger partial charge in [0.15, 0.2) is 0 Å². The number of nitro benzene ring substituents is 1. The number of benzene rings is 3. The van der Waals surface area contributed by atoms with Crippen molar-refractivity contribution in [1.82, 2.24) is 14.6 Å². The first-order valence-electron chi connectivity index (χ1n) is 20.8. The van der Waals surface area contributed by atoms with Crippen molar-refractivity contribution < 1.29 is 28.0 Å². The number of allylic oxidation sites excluding steroid dienone is 1. The molecule has 4 aromatic rings. The summed E-state index contributed by atoms with van der Waals surface area (Å²) >= 11 is 12.5. The highest BCUT2D eigenvalue weighted by Crippen LogP contribution is 2.44. The molecule has 2 heterocycles. The Labute approximate surface area is 372 Å². The number of anilines is 3. The summed E-state index contributed by atoms with van der Waals surface area (Å²) in [5.41, 5.74) is 9.73. The van der Waals surface area contributed by atoms with Crippen LogP contribution in [0.5, 0.6) is 11.5 Å². The van der Waals surface area contributed by atoms with Gasteiger partial charge in [-0.15, -0.1) is 0 Å². The third kappa shape index (κ3) is 11.0. The quantitative estimate of drug-likeness (QED) is 0.0737. The van der Waals surface area contributed by atoms with Crippen LogP contribution in [0.25, 0.3) is 5.57 Å². The molecular weight excluding hydrogens is 854 g/mol. The van der Waals surface area contributed by atoms with Crippen molar-refractivity contribution in [3.63, 3.8) is 0 Å². The number of carbonyl (C=O) groups excluding carboxylic acids is 1. The number of hydrogen-bond acceptors (Lipinski definition) is 12. The number of nitrogens with one attached hydrogen (secondary N) is 2. The van der Waals surface area contributed by atoms with Gasteiger partial charge >= 0.3 is 0 Å². The van der Waals surface area contributed by atoms with Crippen LogP contribution in [0.15, 0.2) is 83.4 Å². The molecule has 7 rings (SSSR count). The standard InChI is InChI=1S/C45H53Cl2N7O7S/c1-44(2)15-14-31(37(25-44)30-4-6-32(46)7-5-30)28-52-18-20-53(21-19-52)33-8-10-36(41(22-33)61-34-23-38(47)42(48)50-27-34)43(55)51-62(59,60)35-9-11-39(40(24-35)54(57)58)49-26-29-12-16-45(3,56)17-13-29/h4-11,22-24,27,29,49,56H,12-21,25-26,28H2,1-3H3,(H2,48,50)(H,51,55)/t29-,45+. The van der Waals surface area contributed by atoms with Crippen LogP contribution in [-0.4, -0.2) is 79.1 Å². The summed E-state index contributed by atoms with van der Waals surface area (Å²) in [4.78, 5) is 33.5. The molecule has 1 saturated carbocycles. The summed E-state index contributed by atoms with van der Waals surface area (Å²) in [6, 6.07) is 17.9. The Morgan fingerprint density at radius 2 is 1.71 bits per heavy atom. The van der Waals surface area contributed by atoms with E-state index in [9.17, 15) is 28.4 Å². The Balaban J connectivity index is 1.07. The lowest BCUT2D eigenvalue weighted by Crippen LogP contribution is -2.47. The molecule has 0 radical (unpaired) electrons. The number of pyridine rings is 1. The molecule has 0 spiro atoms. The van der Waals surface area contributed by atoms with Crippen molar-refractivity contribution in [3.05, 3.63) is 110 Å². The van der Waals surface area contributed by atoms with E-state index in [4.69, 9.17) is 33.7 Å². The highest BCUT2D eigenvalue weighted by molar-refractivity contribution is 7.90. The fourth-order valence-corrected chi connectivity index (χ4v) is 9.73. The molecule has 2 aliphatic carbocycles. The van der Waals surface area contributed by atoms with E-state index < -0.39 is 37.0 Å². The van der Waals surface area contributed by atoms with Crippen molar-refractivity contribution in [3.8, 4) is 11.5 Å². The van der Waals surface area contributed by atoms with E-state index in [0.29, 0.717) is 37.5 Å². The summed E-state index contributed by atoms with van der Waals surface area (Å²) in [5, 5.41) is 26.3. The second-order valence-electron chi connectivity index (χ2n) is 17.7. The van der Waals surface area contributed by atoms with Gasteiger partial charge in [0, 0.05) is 68.2 Å². The molecular formula is C45H53Cl2N7O7S. The number of carbonyl (C=O) groups is 1. The number of ether oxygens (including phenoxy) is 1. The van der Waals surface area contributed by atoms with Gasteiger partial charge in [-0.25, -0.2) is 18.1 Å². The summed E-state index contributed by atoms with van der Waals surface area (Å²) in [5.74, 6) is -0.527. The van der Waals surface area contributed by atoms with Crippen molar-refractivity contribution in [2.24, 2.45) is 11.3 Å². The van der Waals surface area contributed by atoms with Crippen molar-refractivity contribution in [2.45, 2.75) is 76.2 Å². The summed E-state index contributed by atoms with van der Waals surface area (Å²) < 4.78 is 35.5. The number of nitrogens with two attached hydrogens (primary N) is 1. The predicted molar refractivity (Wildman–Crippen MR) is 244 cm³/mol. The number of piperazine rings is 1. The average Bonchev–Trinajstić information content (AvgIpc) is 3.22. The third-order valence-electron chi connectivity index (χ3n) is 12.3. The number of hydrogen-bond donors (Lipinski definition) is 4. The molecule has 5 N–H and O–H groups in total. The summed E-state index contributed by atoms with van der Waals surface area (Å²) in [7, 11) is -4.60. The maximum absolute atomic E-state index is 13.9. The molecule has 62 heavy (non-hydrogen) atoms. The van der Waals surface area contributed by atoms with Gasteiger partial charge in [0.25, 0.3) is 21.6 Å². The van der Waals surface area contributed by atoms with Crippen LogP contribution in [0.3, 0.4) is 0 Å². The SMILES string of the molecule is CC1(C)CCC(CN2CCN(c3ccc(C(=O)NS(=O)(=O)c4ccc(NC[C@H]5CC[C@@](C)(O)CC5)c([N+](=O)[O-])c4)c(Oc4cnc(N)c(Cl)c4)c3)CC2)=C(c2ccc(Cl)cc2)C1. The fourth-order valence-electron chi connectivity index (χ4n) is 8.46. The van der Waals surface area contributed by atoms with Crippen LogP contribution in [0.4, 0.5) is 22.9 Å². The van der Waals surface area contributed by atoms with Gasteiger partial charge in [0.05, 0.1) is 32.2 Å². The number of rotatable bonds is 13. The van der Waals surface area contributed by atoms with Gasteiger partial charge < -0.3 is 25.8 Å². The van der Waals surface area contributed by atoms with E-state index in [1.165, 1.54) is 47.2 Å². The zero-order chi connectivity index (χ0) is 44.4. The molecule has 1 aliphatic heterocycles. The predicted octanol–water partition coefficient (Wildman–Crippen LogP) is 8.93. The van der Waals surface area contributed by atoms with Gasteiger partial charge in [-0.1, -0.05) is 54.8 Å². The molecule has 0 unspecified atom stereocenters. The van der Waals surface area contributed by atoms with Crippen LogP contribution in [-0.2, 0) is 10.0 Å². The number of halogens is 2. The topological polar surface area (TPSA) is 193 Å². The van der Waals surface area contributed by atoms with Gasteiger partial charge in [-0.2, -0.15) is 0 Å². The van der Waals surface area contributed by atoms with Gasteiger partial charge in [-0.05, 0) is 111 Å². The number of nitro groups is 1.